The lowest BCUT2D eigenvalue weighted by molar-refractivity contribution is 0.107. The SMILES string of the molecule is [2H]C1=C(/C=C/C2=C(C)CC[C@H](O)C2)[C@]2([2H])CC[C@H]([C@H](C)CCCC(C)C)[C@@]2(C)CC1. The molecule has 1 N–H and O–H groups in total. The summed E-state index contributed by atoms with van der Waals surface area (Å²) in [5.74, 6) is 1.35. The van der Waals surface area contributed by atoms with E-state index in [-0.39, 0.29) is 11.5 Å². The van der Waals surface area contributed by atoms with Gasteiger partial charge < -0.3 is 5.11 Å². The minimum Gasteiger partial charge on any atom is -0.393 e. The van der Waals surface area contributed by atoms with Gasteiger partial charge in [0.2, 0.25) is 0 Å². The maximum absolute atomic E-state index is 10.1. The Morgan fingerprint density at radius 1 is 1.25 bits per heavy atom. The van der Waals surface area contributed by atoms with Crippen molar-refractivity contribution in [3.05, 3.63) is 34.9 Å². The van der Waals surface area contributed by atoms with Gasteiger partial charge in [-0.3, -0.25) is 0 Å². The highest BCUT2D eigenvalue weighted by Gasteiger charge is 2.49. The van der Waals surface area contributed by atoms with Crippen LogP contribution in [0.5, 0.6) is 0 Å². The first-order valence-electron chi connectivity index (χ1n) is 12.8. The lowest BCUT2D eigenvalue weighted by Gasteiger charge is -2.43. The summed E-state index contributed by atoms with van der Waals surface area (Å²) in [7, 11) is 0. The Balaban J connectivity index is 1.81. The molecule has 0 spiro atoms. The van der Waals surface area contributed by atoms with Gasteiger partial charge >= 0.3 is 0 Å². The Bertz CT molecular complexity index is 718. The summed E-state index contributed by atoms with van der Waals surface area (Å²) in [5, 5.41) is 10.1. The maximum Gasteiger partial charge on any atom is 0.0583 e. The van der Waals surface area contributed by atoms with Crippen LogP contribution in [0.2, 0.25) is 0 Å². The molecule has 1 fully saturated rings. The average molecular weight is 387 g/mol. The smallest absolute Gasteiger partial charge is 0.0583 e. The van der Waals surface area contributed by atoms with Crippen LogP contribution in [0.4, 0.5) is 0 Å². The molecule has 0 amide bonds. The molecule has 3 aliphatic rings. The first-order valence-corrected chi connectivity index (χ1v) is 11.8. The van der Waals surface area contributed by atoms with Crippen molar-refractivity contribution < 1.29 is 7.85 Å². The summed E-state index contributed by atoms with van der Waals surface area (Å²) in [4.78, 5) is 0. The van der Waals surface area contributed by atoms with E-state index in [9.17, 15) is 6.48 Å². The molecule has 0 radical (unpaired) electrons. The quantitative estimate of drug-likeness (QED) is 0.477. The third-order valence-electron chi connectivity index (χ3n) is 7.93. The molecule has 1 nitrogen and oxygen atoms in total. The van der Waals surface area contributed by atoms with Gasteiger partial charge in [0.05, 0.1) is 7.47 Å². The van der Waals surface area contributed by atoms with E-state index in [1.807, 2.05) is 0 Å². The summed E-state index contributed by atoms with van der Waals surface area (Å²) in [6.45, 7) is 11.5. The predicted molar refractivity (Wildman–Crippen MR) is 121 cm³/mol. The Morgan fingerprint density at radius 2 is 2.04 bits per heavy atom. The number of hydrogen-bond acceptors (Lipinski definition) is 1. The standard InChI is InChI=1S/C27H44O/c1-19(2)8-6-9-21(4)25-15-16-26-22(10-7-17-27(25,26)5)12-13-23-18-24(28)14-11-20(23)3/h10,12-13,19,21,24-26,28H,6-9,11,14-18H2,1-5H3/b13-12+/t21-,24+,25-,26+,27-/m1/s1/i10D,26D. The molecule has 0 aliphatic heterocycles. The van der Waals surface area contributed by atoms with Gasteiger partial charge in [-0.1, -0.05) is 70.7 Å². The molecule has 0 unspecified atom stereocenters. The molecule has 158 valence electrons. The number of aliphatic hydroxyl groups is 1. The third-order valence-corrected chi connectivity index (χ3v) is 7.93. The zero-order chi connectivity index (χ0) is 22.1. The molecule has 3 rings (SSSR count). The molecule has 0 aromatic carbocycles. The molecule has 0 aromatic rings. The lowest BCUT2D eigenvalue weighted by Crippen LogP contribution is -2.35. The zero-order valence-corrected chi connectivity index (χ0v) is 19.0. The Kier molecular flexibility index (Phi) is 6.38. The molecule has 0 heterocycles. The van der Waals surface area contributed by atoms with Crippen LogP contribution in [-0.2, 0) is 0 Å². The molecular weight excluding hydrogens is 340 g/mol. The van der Waals surface area contributed by atoms with Crippen molar-refractivity contribution in [1.82, 2.24) is 0 Å². The normalized spacial score (nSPS) is 38.8. The van der Waals surface area contributed by atoms with E-state index in [0.717, 1.165) is 50.0 Å². The molecular formula is C27H44O. The van der Waals surface area contributed by atoms with Gasteiger partial charge in [0.25, 0.3) is 0 Å². The van der Waals surface area contributed by atoms with E-state index in [1.54, 1.807) is 0 Å². The van der Waals surface area contributed by atoms with Crippen molar-refractivity contribution in [1.29, 1.82) is 0 Å². The van der Waals surface area contributed by atoms with Crippen molar-refractivity contribution in [2.45, 2.75) is 105 Å². The van der Waals surface area contributed by atoms with Crippen molar-refractivity contribution in [3.8, 4) is 0 Å². The first-order chi connectivity index (χ1) is 14.1. The minimum atomic E-state index is -0.641. The first kappa shape index (κ1) is 19.2. The zero-order valence-electron chi connectivity index (χ0n) is 21.0. The van der Waals surface area contributed by atoms with E-state index >= 15 is 0 Å². The molecule has 28 heavy (non-hydrogen) atoms. The van der Waals surface area contributed by atoms with Gasteiger partial charge in [-0.05, 0) is 92.1 Å². The fourth-order valence-electron chi connectivity index (χ4n) is 6.06. The second kappa shape index (κ2) is 9.33. The fraction of sp³-hybridized carbons (Fsp3) is 0.778. The van der Waals surface area contributed by atoms with Crippen molar-refractivity contribution in [2.24, 2.45) is 29.1 Å². The van der Waals surface area contributed by atoms with Crippen LogP contribution in [0, 0.1) is 29.1 Å². The van der Waals surface area contributed by atoms with Gasteiger partial charge in [0.15, 0.2) is 0 Å². The maximum atomic E-state index is 10.1. The molecule has 0 aromatic heterocycles. The monoisotopic (exact) mass is 386 g/mol. The van der Waals surface area contributed by atoms with E-state index in [0.29, 0.717) is 24.3 Å². The molecule has 1 saturated carbocycles. The van der Waals surface area contributed by atoms with Crippen molar-refractivity contribution in [3.63, 3.8) is 0 Å². The fourth-order valence-corrected chi connectivity index (χ4v) is 6.06. The number of rotatable bonds is 7. The van der Waals surface area contributed by atoms with Crippen LogP contribution in [-0.4, -0.2) is 11.2 Å². The largest absolute Gasteiger partial charge is 0.393 e. The molecule has 3 aliphatic carbocycles. The van der Waals surface area contributed by atoms with Crippen LogP contribution >= 0.6 is 0 Å². The van der Waals surface area contributed by atoms with Gasteiger partial charge in [0, 0.05) is 1.37 Å². The topological polar surface area (TPSA) is 20.2 Å². The minimum absolute atomic E-state index is 0.0377. The molecule has 0 bridgehead atoms. The summed E-state index contributed by atoms with van der Waals surface area (Å²) < 4.78 is 18.3. The molecule has 0 saturated heterocycles. The van der Waals surface area contributed by atoms with E-state index in [2.05, 4.69) is 46.8 Å². The van der Waals surface area contributed by atoms with Crippen molar-refractivity contribution in [2.75, 3.05) is 0 Å². The van der Waals surface area contributed by atoms with Crippen molar-refractivity contribution >= 4 is 0 Å². The summed E-state index contributed by atoms with van der Waals surface area (Å²) in [5.41, 5.74) is 3.48. The number of fused-ring (bicyclic) bond motifs is 1. The molecule has 5 atom stereocenters. The second-order valence-corrected chi connectivity index (χ2v) is 10.5. The van der Waals surface area contributed by atoms with Gasteiger partial charge in [-0.25, -0.2) is 0 Å². The van der Waals surface area contributed by atoms with Crippen LogP contribution in [0.3, 0.4) is 0 Å². The number of aliphatic hydroxyl groups excluding tert-OH is 1. The lowest BCUT2D eigenvalue weighted by atomic mass is 9.62. The second-order valence-electron chi connectivity index (χ2n) is 10.5. The Labute approximate surface area is 177 Å². The highest BCUT2D eigenvalue weighted by atomic mass is 16.3. The van der Waals surface area contributed by atoms with Gasteiger partial charge in [-0.2, -0.15) is 0 Å². The van der Waals surface area contributed by atoms with Crippen LogP contribution in [0.15, 0.2) is 34.9 Å². The number of allylic oxidation sites excluding steroid dienone is 5. The van der Waals surface area contributed by atoms with E-state index < -0.39 is 5.89 Å². The van der Waals surface area contributed by atoms with E-state index in [4.69, 9.17) is 1.37 Å². The summed E-state index contributed by atoms with van der Waals surface area (Å²) in [6, 6.07) is 0.668. The highest BCUT2D eigenvalue weighted by molar-refractivity contribution is 5.36. The number of hydrogen-bond donors (Lipinski definition) is 1. The summed E-state index contributed by atoms with van der Waals surface area (Å²) in [6.07, 6.45) is 14.1. The third kappa shape index (κ3) is 4.84. The average Bonchev–Trinajstić information content (AvgIpc) is 2.95. The van der Waals surface area contributed by atoms with E-state index in [1.165, 1.54) is 30.4 Å². The predicted octanol–water partition coefficient (Wildman–Crippen LogP) is 7.62. The Hall–Kier alpha value is -0.820. The molecule has 1 heteroatoms. The van der Waals surface area contributed by atoms with Crippen LogP contribution in [0.25, 0.3) is 0 Å². The van der Waals surface area contributed by atoms with Gasteiger partial charge in [0.1, 0.15) is 0 Å². The Morgan fingerprint density at radius 3 is 2.79 bits per heavy atom. The summed E-state index contributed by atoms with van der Waals surface area (Å²) >= 11 is 0. The van der Waals surface area contributed by atoms with Crippen LogP contribution in [0.1, 0.15) is 102 Å². The highest BCUT2D eigenvalue weighted by Crippen LogP contribution is 2.58. The van der Waals surface area contributed by atoms with Gasteiger partial charge in [-0.15, -0.1) is 0 Å². The van der Waals surface area contributed by atoms with Crippen LogP contribution < -0.4 is 0 Å².